The molecule has 0 radical (unpaired) electrons. The van der Waals surface area contributed by atoms with Gasteiger partial charge in [0.15, 0.2) is 6.40 Å². The van der Waals surface area contributed by atoms with E-state index in [1.807, 2.05) is 26.8 Å². The maximum atomic E-state index is 9.15. The molecule has 0 aliphatic rings. The summed E-state index contributed by atoms with van der Waals surface area (Å²) < 4.78 is 5.10. The highest BCUT2D eigenvalue weighted by molar-refractivity contribution is 7.19. The zero-order chi connectivity index (χ0) is 13.1. The first-order valence-corrected chi connectivity index (χ1v) is 6.44. The summed E-state index contributed by atoms with van der Waals surface area (Å²) in [6, 6.07) is 4.16. The van der Waals surface area contributed by atoms with Crippen LogP contribution in [-0.4, -0.2) is 18.0 Å². The molecule has 0 N–H and O–H groups in total. The third-order valence-electron chi connectivity index (χ3n) is 2.49. The number of aromatic nitrogens is 1. The van der Waals surface area contributed by atoms with Crippen molar-refractivity contribution >= 4 is 33.6 Å². The topological polar surface area (TPSA) is 58.3 Å². The van der Waals surface area contributed by atoms with Crippen molar-refractivity contribution in [3.63, 3.8) is 0 Å². The smallest absolute Gasteiger partial charge is 0.174 e. The average molecular weight is 259 g/mol. The summed E-state index contributed by atoms with van der Waals surface area (Å²) in [5.74, 6) is 0. The molecule has 0 amide bonds. The second-order valence-corrected chi connectivity index (χ2v) is 4.84. The second-order valence-electron chi connectivity index (χ2n) is 3.84. The summed E-state index contributed by atoms with van der Waals surface area (Å²) in [4.78, 5) is 10.1. The predicted molar refractivity (Wildman–Crippen MR) is 73.6 cm³/mol. The molecule has 0 saturated heterocycles. The molecule has 4 nitrogen and oxygen atoms in total. The fourth-order valence-electron chi connectivity index (χ4n) is 1.79. The maximum Gasteiger partial charge on any atom is 0.174 e. The normalized spacial score (nSPS) is 11.0. The van der Waals surface area contributed by atoms with Crippen LogP contribution in [0.15, 0.2) is 11.1 Å². The number of aliphatic imine (C=N–C) groups is 1. The van der Waals surface area contributed by atoms with Gasteiger partial charge in [0, 0.05) is 11.1 Å². The number of thiophene rings is 1. The Labute approximate surface area is 110 Å². The molecule has 0 fully saturated rings. The van der Waals surface area contributed by atoms with E-state index >= 15 is 0 Å². The van der Waals surface area contributed by atoms with Gasteiger partial charge in [-0.2, -0.15) is 5.26 Å². The number of nitriles is 1. The monoisotopic (exact) mass is 259 g/mol. The van der Waals surface area contributed by atoms with E-state index in [0.29, 0.717) is 17.2 Å². The molecule has 0 aliphatic carbocycles. The minimum Gasteiger partial charge on any atom is -0.483 e. The Kier molecular flexibility index (Phi) is 3.58. The lowest BCUT2D eigenvalue weighted by atomic mass is 10.1. The van der Waals surface area contributed by atoms with Gasteiger partial charge in [0.25, 0.3) is 0 Å². The highest BCUT2D eigenvalue weighted by atomic mass is 32.1. The molecule has 2 aromatic heterocycles. The van der Waals surface area contributed by atoms with Crippen LogP contribution < -0.4 is 0 Å². The predicted octanol–water partition coefficient (Wildman–Crippen LogP) is 3.48. The van der Waals surface area contributed by atoms with Gasteiger partial charge in [0.1, 0.15) is 21.5 Å². The fourth-order valence-corrected chi connectivity index (χ4v) is 2.83. The van der Waals surface area contributed by atoms with Gasteiger partial charge in [-0.15, -0.1) is 11.3 Å². The van der Waals surface area contributed by atoms with Crippen LogP contribution in [0.5, 0.6) is 0 Å². The third-order valence-corrected chi connectivity index (χ3v) is 3.46. The Morgan fingerprint density at radius 2 is 2.33 bits per heavy atom. The molecule has 0 atom stereocenters. The molecule has 18 heavy (non-hydrogen) atoms. The van der Waals surface area contributed by atoms with Crippen LogP contribution in [0, 0.1) is 25.2 Å². The first-order chi connectivity index (χ1) is 8.67. The van der Waals surface area contributed by atoms with Crippen molar-refractivity contribution < 1.29 is 4.74 Å². The Hall–Kier alpha value is -1.93. The molecule has 0 aromatic carbocycles. The van der Waals surface area contributed by atoms with Gasteiger partial charge in [-0.25, -0.2) is 9.98 Å². The Balaban J connectivity index is 2.66. The lowest BCUT2D eigenvalue weighted by Gasteiger charge is -1.99. The number of nitrogens with zero attached hydrogens (tertiary/aromatic N) is 3. The van der Waals surface area contributed by atoms with Gasteiger partial charge < -0.3 is 4.74 Å². The number of hydrogen-bond acceptors (Lipinski definition) is 5. The number of aryl methyl sites for hydroxylation is 2. The molecule has 2 aromatic rings. The average Bonchev–Trinajstić information content (AvgIpc) is 2.67. The molecule has 0 aliphatic heterocycles. The first-order valence-electron chi connectivity index (χ1n) is 5.62. The zero-order valence-corrected chi connectivity index (χ0v) is 11.3. The van der Waals surface area contributed by atoms with Crippen LogP contribution in [0.4, 0.5) is 5.69 Å². The Morgan fingerprint density at radius 1 is 1.56 bits per heavy atom. The lowest BCUT2D eigenvalue weighted by molar-refractivity contribution is 0.344. The van der Waals surface area contributed by atoms with Crippen LogP contribution in [0.2, 0.25) is 0 Å². The van der Waals surface area contributed by atoms with Crippen LogP contribution in [-0.2, 0) is 4.74 Å². The van der Waals surface area contributed by atoms with Crippen molar-refractivity contribution in [3.05, 3.63) is 22.2 Å². The van der Waals surface area contributed by atoms with E-state index in [0.717, 1.165) is 21.5 Å². The number of fused-ring (bicyclic) bond motifs is 1. The van der Waals surface area contributed by atoms with Crippen molar-refractivity contribution in [1.29, 1.82) is 5.26 Å². The molecule has 0 unspecified atom stereocenters. The maximum absolute atomic E-state index is 9.15. The van der Waals surface area contributed by atoms with Crippen molar-refractivity contribution in [2.75, 3.05) is 6.61 Å². The summed E-state index contributed by atoms with van der Waals surface area (Å²) in [5, 5.41) is 10.1. The van der Waals surface area contributed by atoms with Crippen molar-refractivity contribution in [2.24, 2.45) is 4.99 Å². The minimum atomic E-state index is 0.559. The molecule has 0 saturated carbocycles. The van der Waals surface area contributed by atoms with E-state index in [1.165, 1.54) is 17.7 Å². The highest BCUT2D eigenvalue weighted by Gasteiger charge is 2.14. The number of rotatable bonds is 3. The molecule has 0 bridgehead atoms. The molecule has 92 valence electrons. The Bertz CT molecular complexity index is 652. The number of pyridine rings is 1. The number of ether oxygens (including phenoxy) is 1. The zero-order valence-electron chi connectivity index (χ0n) is 10.5. The van der Waals surface area contributed by atoms with Gasteiger partial charge in [0.05, 0.1) is 6.61 Å². The summed E-state index contributed by atoms with van der Waals surface area (Å²) in [6.45, 7) is 6.40. The molecular formula is C13H13N3OS. The summed E-state index contributed by atoms with van der Waals surface area (Å²) >= 11 is 1.37. The van der Waals surface area contributed by atoms with E-state index in [-0.39, 0.29) is 0 Å². The molecule has 2 rings (SSSR count). The lowest BCUT2D eigenvalue weighted by Crippen LogP contribution is -1.85. The van der Waals surface area contributed by atoms with Gasteiger partial charge in [-0.3, -0.25) is 0 Å². The van der Waals surface area contributed by atoms with Gasteiger partial charge in [0.2, 0.25) is 0 Å². The van der Waals surface area contributed by atoms with Crippen molar-refractivity contribution in [3.8, 4) is 6.07 Å². The van der Waals surface area contributed by atoms with E-state index in [4.69, 9.17) is 10.00 Å². The highest BCUT2D eigenvalue weighted by Crippen LogP contribution is 2.38. The quantitative estimate of drug-likeness (QED) is 0.626. The molecular weight excluding hydrogens is 246 g/mol. The molecule has 0 spiro atoms. The standard InChI is InChI=1S/C13H13N3OS/c1-4-17-7-15-12-10(6-14)18-13-11(12)8(2)5-9(3)16-13/h5,7H,4H2,1-3H3. The van der Waals surface area contributed by atoms with Crippen LogP contribution in [0.25, 0.3) is 10.2 Å². The van der Waals surface area contributed by atoms with E-state index < -0.39 is 0 Å². The SMILES string of the molecule is CCOC=Nc1c(C#N)sc2nc(C)cc(C)c12. The van der Waals surface area contributed by atoms with E-state index in [2.05, 4.69) is 16.0 Å². The Morgan fingerprint density at radius 3 is 3.00 bits per heavy atom. The van der Waals surface area contributed by atoms with E-state index in [1.54, 1.807) is 0 Å². The van der Waals surface area contributed by atoms with Crippen LogP contribution >= 0.6 is 11.3 Å². The molecule has 5 heteroatoms. The summed E-state index contributed by atoms with van der Waals surface area (Å²) in [6.07, 6.45) is 1.39. The fraction of sp³-hybridized carbons (Fsp3) is 0.308. The van der Waals surface area contributed by atoms with Gasteiger partial charge in [-0.1, -0.05) is 0 Å². The van der Waals surface area contributed by atoms with Gasteiger partial charge >= 0.3 is 0 Å². The van der Waals surface area contributed by atoms with E-state index in [9.17, 15) is 0 Å². The number of hydrogen-bond donors (Lipinski definition) is 0. The summed E-state index contributed by atoms with van der Waals surface area (Å²) in [7, 11) is 0. The largest absolute Gasteiger partial charge is 0.483 e. The van der Waals surface area contributed by atoms with Gasteiger partial charge in [-0.05, 0) is 32.4 Å². The van der Waals surface area contributed by atoms with Crippen molar-refractivity contribution in [2.45, 2.75) is 20.8 Å². The van der Waals surface area contributed by atoms with Crippen LogP contribution in [0.3, 0.4) is 0 Å². The van der Waals surface area contributed by atoms with Crippen molar-refractivity contribution in [1.82, 2.24) is 4.98 Å². The van der Waals surface area contributed by atoms with Crippen LogP contribution in [0.1, 0.15) is 23.1 Å². The molecule has 2 heterocycles. The third kappa shape index (κ3) is 2.20. The first kappa shape index (κ1) is 12.5. The second kappa shape index (κ2) is 5.15. The summed E-state index contributed by atoms with van der Waals surface area (Å²) in [5.41, 5.74) is 2.70. The minimum absolute atomic E-state index is 0.559.